The summed E-state index contributed by atoms with van der Waals surface area (Å²) in [6.07, 6.45) is 9.24. The van der Waals surface area contributed by atoms with Gasteiger partial charge in [0.2, 0.25) is 0 Å². The highest BCUT2D eigenvalue weighted by molar-refractivity contribution is 5.69. The Morgan fingerprint density at radius 1 is 1.23 bits per heavy atom. The molecule has 1 fully saturated rings. The number of halogens is 2. The maximum Gasteiger partial charge on any atom is 0.387 e. The highest BCUT2D eigenvalue weighted by Gasteiger charge is 2.28. The summed E-state index contributed by atoms with van der Waals surface area (Å²) in [5.41, 5.74) is 2.85. The molecule has 5 nitrogen and oxygen atoms in total. The number of anilines is 2. The van der Waals surface area contributed by atoms with Gasteiger partial charge in [-0.15, -0.1) is 0 Å². The standard InChI is InChI=1S/C23H27F2N3O2/c1-4-17(5-2)27-14-11-19(12-15-27)28(21-16-26-13-10-22(21)29-3)18-6-8-20(9-7-18)30-23(24)25/h4-10,13,16,19,23H,1,11-12,14-15H2,2-3H3/b17-5+. The first-order valence-electron chi connectivity index (χ1n) is 9.93. The van der Waals surface area contributed by atoms with Crippen molar-refractivity contribution in [3.63, 3.8) is 0 Å². The number of alkyl halides is 2. The molecule has 0 spiro atoms. The molecule has 1 saturated heterocycles. The minimum absolute atomic E-state index is 0.130. The Balaban J connectivity index is 1.90. The van der Waals surface area contributed by atoms with Gasteiger partial charge in [-0.1, -0.05) is 12.7 Å². The Morgan fingerprint density at radius 2 is 1.93 bits per heavy atom. The molecule has 7 heteroatoms. The molecule has 1 aromatic carbocycles. The first-order chi connectivity index (χ1) is 14.6. The van der Waals surface area contributed by atoms with Crippen LogP contribution in [0.3, 0.4) is 0 Å². The molecule has 0 atom stereocenters. The molecule has 0 aliphatic carbocycles. The Hall–Kier alpha value is -3.09. The summed E-state index contributed by atoms with van der Waals surface area (Å²) in [6, 6.07) is 8.71. The van der Waals surface area contributed by atoms with Gasteiger partial charge in [0.25, 0.3) is 0 Å². The predicted molar refractivity (Wildman–Crippen MR) is 115 cm³/mol. The molecule has 0 bridgehead atoms. The third-order valence-electron chi connectivity index (χ3n) is 5.28. The van der Waals surface area contributed by atoms with E-state index in [0.717, 1.165) is 43.0 Å². The van der Waals surface area contributed by atoms with Crippen LogP contribution in [0.1, 0.15) is 19.8 Å². The van der Waals surface area contributed by atoms with Crippen LogP contribution in [0, 0.1) is 0 Å². The van der Waals surface area contributed by atoms with Gasteiger partial charge >= 0.3 is 6.61 Å². The van der Waals surface area contributed by atoms with Crippen molar-refractivity contribution < 1.29 is 18.3 Å². The molecule has 0 unspecified atom stereocenters. The van der Waals surface area contributed by atoms with Crippen molar-refractivity contribution in [2.24, 2.45) is 0 Å². The summed E-state index contributed by atoms with van der Waals surface area (Å²) < 4.78 is 35.1. The highest BCUT2D eigenvalue weighted by atomic mass is 19.3. The lowest BCUT2D eigenvalue weighted by molar-refractivity contribution is -0.0498. The number of hydrogen-bond acceptors (Lipinski definition) is 5. The normalized spacial score (nSPS) is 15.2. The van der Waals surface area contributed by atoms with Crippen molar-refractivity contribution in [2.45, 2.75) is 32.4 Å². The summed E-state index contributed by atoms with van der Waals surface area (Å²) in [7, 11) is 1.63. The van der Waals surface area contributed by atoms with E-state index in [9.17, 15) is 8.78 Å². The second kappa shape index (κ2) is 10.1. The lowest BCUT2D eigenvalue weighted by atomic mass is 10.0. The second-order valence-electron chi connectivity index (χ2n) is 6.93. The first kappa shape index (κ1) is 21.6. The largest absolute Gasteiger partial charge is 0.494 e. The molecule has 30 heavy (non-hydrogen) atoms. The molecular formula is C23H27F2N3O2. The van der Waals surface area contributed by atoms with Crippen molar-refractivity contribution in [2.75, 3.05) is 25.1 Å². The molecular weight excluding hydrogens is 388 g/mol. The third kappa shape index (κ3) is 4.90. The number of allylic oxidation sites excluding steroid dienone is 2. The predicted octanol–water partition coefficient (Wildman–Crippen LogP) is 5.38. The molecule has 3 rings (SSSR count). The van der Waals surface area contributed by atoms with Crippen molar-refractivity contribution in [3.8, 4) is 11.5 Å². The van der Waals surface area contributed by atoms with E-state index in [-0.39, 0.29) is 11.8 Å². The van der Waals surface area contributed by atoms with Gasteiger partial charge in [-0.2, -0.15) is 8.78 Å². The average Bonchev–Trinajstić information content (AvgIpc) is 2.77. The Bertz CT molecular complexity index is 863. The van der Waals surface area contributed by atoms with E-state index in [1.54, 1.807) is 43.8 Å². The topological polar surface area (TPSA) is 37.8 Å². The van der Waals surface area contributed by atoms with Crippen molar-refractivity contribution in [1.82, 2.24) is 9.88 Å². The van der Waals surface area contributed by atoms with Gasteiger partial charge in [0.05, 0.1) is 13.3 Å². The van der Waals surface area contributed by atoms with Crippen LogP contribution in [0.15, 0.2) is 67.2 Å². The lowest BCUT2D eigenvalue weighted by Crippen LogP contribution is -2.42. The fraction of sp³-hybridized carbons (Fsp3) is 0.348. The van der Waals surface area contributed by atoms with Crippen LogP contribution in [-0.2, 0) is 0 Å². The SMILES string of the molecule is C=C/C(=C\C)N1CCC(N(c2ccc(OC(F)F)cc2)c2cnccc2OC)CC1. The van der Waals surface area contributed by atoms with Crippen LogP contribution in [-0.4, -0.2) is 42.7 Å². The Kier molecular flexibility index (Phi) is 7.27. The number of piperidine rings is 1. The summed E-state index contributed by atoms with van der Waals surface area (Å²) >= 11 is 0. The lowest BCUT2D eigenvalue weighted by Gasteiger charge is -2.41. The Labute approximate surface area is 176 Å². The van der Waals surface area contributed by atoms with Crippen molar-refractivity contribution in [1.29, 1.82) is 0 Å². The van der Waals surface area contributed by atoms with Crippen LogP contribution >= 0.6 is 0 Å². The van der Waals surface area contributed by atoms with Crippen LogP contribution in [0.2, 0.25) is 0 Å². The number of nitrogens with zero attached hydrogens (tertiary/aromatic N) is 3. The fourth-order valence-electron chi connectivity index (χ4n) is 3.87. The Morgan fingerprint density at radius 3 is 2.50 bits per heavy atom. The number of aromatic nitrogens is 1. The zero-order valence-electron chi connectivity index (χ0n) is 17.3. The summed E-state index contributed by atoms with van der Waals surface area (Å²) in [5, 5.41) is 0. The first-order valence-corrected chi connectivity index (χ1v) is 9.93. The summed E-state index contributed by atoms with van der Waals surface area (Å²) in [4.78, 5) is 8.78. The van der Waals surface area contributed by atoms with E-state index >= 15 is 0 Å². The quantitative estimate of drug-likeness (QED) is 0.541. The maximum atomic E-state index is 12.5. The van der Waals surface area contributed by atoms with E-state index in [4.69, 9.17) is 4.74 Å². The molecule has 0 radical (unpaired) electrons. The molecule has 2 heterocycles. The van der Waals surface area contributed by atoms with E-state index in [1.807, 2.05) is 19.1 Å². The van der Waals surface area contributed by atoms with E-state index < -0.39 is 6.61 Å². The van der Waals surface area contributed by atoms with Gasteiger partial charge < -0.3 is 19.3 Å². The molecule has 0 N–H and O–H groups in total. The smallest absolute Gasteiger partial charge is 0.387 e. The molecule has 1 aliphatic rings. The van der Waals surface area contributed by atoms with Gasteiger partial charge in [-0.05, 0) is 50.1 Å². The van der Waals surface area contributed by atoms with E-state index in [2.05, 4.69) is 32.2 Å². The molecule has 1 aromatic heterocycles. The van der Waals surface area contributed by atoms with Crippen LogP contribution in [0.25, 0.3) is 0 Å². The molecule has 1 aliphatic heterocycles. The number of rotatable bonds is 8. The van der Waals surface area contributed by atoms with Crippen LogP contribution < -0.4 is 14.4 Å². The zero-order valence-corrected chi connectivity index (χ0v) is 17.3. The number of likely N-dealkylation sites (tertiary alicyclic amines) is 1. The van der Waals surface area contributed by atoms with Gasteiger partial charge in [0.1, 0.15) is 17.2 Å². The van der Waals surface area contributed by atoms with Gasteiger partial charge in [-0.25, -0.2) is 0 Å². The molecule has 2 aromatic rings. The number of pyridine rings is 1. The minimum atomic E-state index is -2.85. The fourth-order valence-corrected chi connectivity index (χ4v) is 3.87. The maximum absolute atomic E-state index is 12.5. The molecule has 160 valence electrons. The van der Waals surface area contributed by atoms with Crippen LogP contribution in [0.4, 0.5) is 20.2 Å². The summed E-state index contributed by atoms with van der Waals surface area (Å²) in [6.45, 7) is 4.85. The number of methoxy groups -OCH3 is 1. The molecule has 0 saturated carbocycles. The number of benzene rings is 1. The van der Waals surface area contributed by atoms with E-state index in [0.29, 0.717) is 5.75 Å². The second-order valence-corrected chi connectivity index (χ2v) is 6.93. The number of ether oxygens (including phenoxy) is 2. The van der Waals surface area contributed by atoms with E-state index in [1.165, 1.54) is 0 Å². The third-order valence-corrected chi connectivity index (χ3v) is 5.28. The zero-order chi connectivity index (χ0) is 21.5. The van der Waals surface area contributed by atoms with Crippen molar-refractivity contribution >= 4 is 11.4 Å². The van der Waals surface area contributed by atoms with Crippen LogP contribution in [0.5, 0.6) is 11.5 Å². The average molecular weight is 415 g/mol. The van der Waals surface area contributed by atoms with Crippen molar-refractivity contribution in [3.05, 3.63) is 67.2 Å². The minimum Gasteiger partial charge on any atom is -0.494 e. The summed E-state index contributed by atoms with van der Waals surface area (Å²) in [5.74, 6) is 0.839. The van der Waals surface area contributed by atoms with Gasteiger partial charge in [-0.3, -0.25) is 4.98 Å². The van der Waals surface area contributed by atoms with Gasteiger partial charge in [0, 0.05) is 42.8 Å². The van der Waals surface area contributed by atoms with Gasteiger partial charge in [0.15, 0.2) is 0 Å². The molecule has 0 amide bonds. The highest BCUT2D eigenvalue weighted by Crippen LogP contribution is 2.38. The number of hydrogen-bond donors (Lipinski definition) is 0. The monoisotopic (exact) mass is 415 g/mol.